The number of nitrogens with one attached hydrogen (secondary N) is 2. The molecule has 1 aliphatic rings. The summed E-state index contributed by atoms with van der Waals surface area (Å²) in [7, 11) is 0. The molecular formula is C26H25N7O3. The number of carbonyl (C=O) groups is 2. The molecule has 0 bridgehead atoms. The summed E-state index contributed by atoms with van der Waals surface area (Å²) in [6.07, 6.45) is 4.70. The van der Waals surface area contributed by atoms with Gasteiger partial charge in [-0.15, -0.1) is 0 Å². The van der Waals surface area contributed by atoms with E-state index in [1.807, 2.05) is 36.4 Å². The Balaban J connectivity index is 1.22. The Morgan fingerprint density at radius 3 is 2.78 bits per heavy atom. The highest BCUT2D eigenvalue weighted by molar-refractivity contribution is 6.39. The Bertz CT molecular complexity index is 1430. The number of likely N-dealkylation sites (tertiary alicyclic amines) is 1. The van der Waals surface area contributed by atoms with E-state index in [1.165, 1.54) is 10.8 Å². The number of anilines is 1. The lowest BCUT2D eigenvalue weighted by molar-refractivity contribution is -0.144. The Morgan fingerprint density at radius 2 is 1.94 bits per heavy atom. The predicted octanol–water partition coefficient (Wildman–Crippen LogP) is 2.42. The fourth-order valence-corrected chi connectivity index (χ4v) is 4.34. The summed E-state index contributed by atoms with van der Waals surface area (Å²) < 4.78 is 1.46. The van der Waals surface area contributed by atoms with E-state index >= 15 is 0 Å². The molecule has 1 atom stereocenters. The highest BCUT2D eigenvalue weighted by Crippen LogP contribution is 2.26. The highest BCUT2D eigenvalue weighted by Gasteiger charge is 2.30. The maximum Gasteiger partial charge on any atom is 0.347 e. The first-order valence-electron chi connectivity index (χ1n) is 11.8. The molecule has 0 spiro atoms. The molecule has 1 fully saturated rings. The smallest absolute Gasteiger partial charge is 0.334 e. The van der Waals surface area contributed by atoms with Gasteiger partial charge in [0.1, 0.15) is 5.82 Å². The summed E-state index contributed by atoms with van der Waals surface area (Å²) in [4.78, 5) is 47.5. The molecule has 5 rings (SSSR count). The number of aromatic amines is 1. The normalized spacial score (nSPS) is 15.4. The van der Waals surface area contributed by atoms with Crippen molar-refractivity contribution in [2.24, 2.45) is 0 Å². The molecule has 3 heterocycles. The summed E-state index contributed by atoms with van der Waals surface area (Å²) in [5.74, 6) is 0.0113. The van der Waals surface area contributed by atoms with Crippen molar-refractivity contribution >= 4 is 17.5 Å². The van der Waals surface area contributed by atoms with Crippen LogP contribution in [-0.2, 0) is 16.1 Å². The Hall–Kier alpha value is -4.60. The van der Waals surface area contributed by atoms with Gasteiger partial charge in [0.15, 0.2) is 5.82 Å². The van der Waals surface area contributed by atoms with Crippen LogP contribution in [-0.4, -0.2) is 54.5 Å². The van der Waals surface area contributed by atoms with Gasteiger partial charge in [0.05, 0.1) is 6.54 Å². The molecule has 1 aliphatic heterocycles. The van der Waals surface area contributed by atoms with Crippen molar-refractivity contribution in [3.8, 4) is 11.4 Å². The zero-order valence-corrected chi connectivity index (χ0v) is 19.5. The van der Waals surface area contributed by atoms with Crippen LogP contribution in [0.15, 0.2) is 77.9 Å². The quantitative estimate of drug-likeness (QED) is 0.420. The Labute approximate surface area is 207 Å². The van der Waals surface area contributed by atoms with E-state index in [2.05, 4.69) is 25.5 Å². The van der Waals surface area contributed by atoms with Gasteiger partial charge >= 0.3 is 17.5 Å². The monoisotopic (exact) mass is 483 g/mol. The summed E-state index contributed by atoms with van der Waals surface area (Å²) in [5, 5.41) is 10.0. The summed E-state index contributed by atoms with van der Waals surface area (Å²) >= 11 is 0. The van der Waals surface area contributed by atoms with E-state index in [1.54, 1.807) is 35.4 Å². The largest absolute Gasteiger partial charge is 0.347 e. The van der Waals surface area contributed by atoms with Crippen LogP contribution < -0.4 is 11.0 Å². The van der Waals surface area contributed by atoms with E-state index in [9.17, 15) is 14.4 Å². The van der Waals surface area contributed by atoms with Gasteiger partial charge in [0, 0.05) is 42.7 Å². The second-order valence-electron chi connectivity index (χ2n) is 8.69. The molecule has 10 heteroatoms. The van der Waals surface area contributed by atoms with Gasteiger partial charge in [-0.3, -0.25) is 19.3 Å². The number of amides is 2. The summed E-state index contributed by atoms with van der Waals surface area (Å²) in [6, 6.07) is 18.4. The lowest BCUT2D eigenvalue weighted by Crippen LogP contribution is -2.44. The molecule has 0 radical (unpaired) electrons. The first kappa shape index (κ1) is 23.2. The van der Waals surface area contributed by atoms with Crippen molar-refractivity contribution in [3.05, 3.63) is 94.9 Å². The minimum absolute atomic E-state index is 0.0263. The van der Waals surface area contributed by atoms with Crippen LogP contribution in [0.5, 0.6) is 0 Å². The van der Waals surface area contributed by atoms with Crippen LogP contribution in [0.2, 0.25) is 0 Å². The van der Waals surface area contributed by atoms with Crippen molar-refractivity contribution in [2.75, 3.05) is 18.4 Å². The van der Waals surface area contributed by atoms with Crippen LogP contribution in [0.25, 0.3) is 11.4 Å². The Morgan fingerprint density at radius 1 is 1.08 bits per heavy atom. The molecule has 1 saturated heterocycles. The highest BCUT2D eigenvalue weighted by atomic mass is 16.2. The summed E-state index contributed by atoms with van der Waals surface area (Å²) in [5.41, 5.74) is 1.84. The third kappa shape index (κ3) is 5.22. The molecule has 4 aromatic rings. The van der Waals surface area contributed by atoms with E-state index < -0.39 is 11.8 Å². The van der Waals surface area contributed by atoms with Crippen molar-refractivity contribution in [3.63, 3.8) is 0 Å². The lowest BCUT2D eigenvalue weighted by atomic mass is 9.97. The van der Waals surface area contributed by atoms with Gasteiger partial charge in [-0.2, -0.15) is 5.10 Å². The summed E-state index contributed by atoms with van der Waals surface area (Å²) in [6.45, 7) is 1.20. The SMILES string of the molecule is O=C(Nc1cccc(Cn2cccnc2=O)c1)C(=O)N1CCCC(c2nc(-c3ccccc3)n[nH]2)C1. The fraction of sp³-hybridized carbons (Fsp3) is 0.231. The van der Waals surface area contributed by atoms with E-state index in [4.69, 9.17) is 0 Å². The first-order chi connectivity index (χ1) is 17.6. The molecule has 2 N–H and O–H groups in total. The number of nitrogens with zero attached hydrogens (tertiary/aromatic N) is 5. The fourth-order valence-electron chi connectivity index (χ4n) is 4.34. The predicted molar refractivity (Wildman–Crippen MR) is 133 cm³/mol. The third-order valence-corrected chi connectivity index (χ3v) is 6.14. The number of aromatic nitrogens is 5. The molecule has 36 heavy (non-hydrogen) atoms. The van der Waals surface area contributed by atoms with Gasteiger partial charge in [0.25, 0.3) is 0 Å². The maximum atomic E-state index is 12.9. The number of H-pyrrole nitrogens is 1. The molecule has 1 unspecified atom stereocenters. The maximum absolute atomic E-state index is 12.9. The number of hydrogen-bond donors (Lipinski definition) is 2. The molecule has 2 aromatic carbocycles. The van der Waals surface area contributed by atoms with Crippen molar-refractivity contribution < 1.29 is 9.59 Å². The number of hydrogen-bond acceptors (Lipinski definition) is 6. The molecule has 0 saturated carbocycles. The zero-order valence-electron chi connectivity index (χ0n) is 19.5. The van der Waals surface area contributed by atoms with Gasteiger partial charge in [-0.05, 0) is 36.6 Å². The van der Waals surface area contributed by atoms with E-state index in [0.29, 0.717) is 37.0 Å². The average Bonchev–Trinajstić information content (AvgIpc) is 3.41. The zero-order chi connectivity index (χ0) is 24.9. The second kappa shape index (κ2) is 10.3. The van der Waals surface area contributed by atoms with Crippen LogP contribution >= 0.6 is 0 Å². The average molecular weight is 484 g/mol. The minimum Gasteiger partial charge on any atom is -0.334 e. The van der Waals surface area contributed by atoms with Gasteiger partial charge < -0.3 is 10.2 Å². The Kier molecular flexibility index (Phi) is 6.65. The molecule has 10 nitrogen and oxygen atoms in total. The van der Waals surface area contributed by atoms with Crippen LogP contribution in [0.1, 0.15) is 30.1 Å². The minimum atomic E-state index is -0.700. The van der Waals surface area contributed by atoms with E-state index in [0.717, 1.165) is 24.0 Å². The van der Waals surface area contributed by atoms with Crippen LogP contribution in [0.3, 0.4) is 0 Å². The molecule has 2 amide bonds. The van der Waals surface area contributed by atoms with Crippen LogP contribution in [0.4, 0.5) is 5.69 Å². The van der Waals surface area contributed by atoms with Crippen molar-refractivity contribution in [2.45, 2.75) is 25.3 Å². The van der Waals surface area contributed by atoms with Crippen LogP contribution in [0, 0.1) is 0 Å². The second-order valence-corrected chi connectivity index (χ2v) is 8.69. The number of carbonyl (C=O) groups excluding carboxylic acids is 2. The molecule has 2 aromatic heterocycles. The number of rotatable bonds is 5. The molecular weight excluding hydrogens is 458 g/mol. The molecule has 182 valence electrons. The number of piperidine rings is 1. The van der Waals surface area contributed by atoms with E-state index in [-0.39, 0.29) is 11.6 Å². The lowest BCUT2D eigenvalue weighted by Gasteiger charge is -2.31. The molecule has 0 aliphatic carbocycles. The van der Waals surface area contributed by atoms with Crippen molar-refractivity contribution in [1.82, 2.24) is 29.6 Å². The first-order valence-corrected chi connectivity index (χ1v) is 11.8. The van der Waals surface area contributed by atoms with Gasteiger partial charge in [0.2, 0.25) is 0 Å². The number of benzene rings is 2. The standard InChI is InChI=1S/C26H25N7O3/c34-24(28-21-11-4-7-18(15-21)16-33-14-6-12-27-26(33)36)25(35)32-13-5-10-20(17-32)23-29-22(30-31-23)19-8-2-1-3-9-19/h1-4,6-9,11-12,14-15,20H,5,10,13,16-17H2,(H,28,34)(H,29,30,31). The van der Waals surface area contributed by atoms with Crippen molar-refractivity contribution in [1.29, 1.82) is 0 Å². The van der Waals surface area contributed by atoms with Gasteiger partial charge in [-0.25, -0.2) is 14.8 Å². The third-order valence-electron chi connectivity index (χ3n) is 6.14. The topological polar surface area (TPSA) is 126 Å². The van der Waals surface area contributed by atoms with Gasteiger partial charge in [-0.1, -0.05) is 42.5 Å².